The van der Waals surface area contributed by atoms with Crippen molar-refractivity contribution >= 4 is 84.4 Å². The monoisotopic (exact) mass is 588 g/mol. The molecule has 1 aliphatic heterocycles. The Morgan fingerprint density at radius 2 is 1.48 bits per heavy atom. The van der Waals surface area contributed by atoms with Gasteiger partial charge in [0.1, 0.15) is 0 Å². The fourth-order valence-electron chi connectivity index (χ4n) is 4.02. The molecule has 4 aromatic rings. The molecular weight excluding hydrogens is 574 g/mol. The Morgan fingerprint density at radius 3 is 2.21 bits per heavy atom. The predicted molar refractivity (Wildman–Crippen MR) is 139 cm³/mol. The van der Waals surface area contributed by atoms with Gasteiger partial charge in [0.15, 0.2) is 7.14 Å². The van der Waals surface area contributed by atoms with Gasteiger partial charge < -0.3 is 4.57 Å². The van der Waals surface area contributed by atoms with E-state index in [0.29, 0.717) is 0 Å². The highest BCUT2D eigenvalue weighted by molar-refractivity contribution is 14.2. The highest BCUT2D eigenvalue weighted by Crippen LogP contribution is 2.66. The van der Waals surface area contributed by atoms with Crippen molar-refractivity contribution in [3.8, 4) is 0 Å². The lowest BCUT2D eigenvalue weighted by Crippen LogP contribution is -2.16. The van der Waals surface area contributed by atoms with E-state index in [2.05, 4.69) is 85.7 Å². The van der Waals surface area contributed by atoms with E-state index < -0.39 is 7.14 Å². The van der Waals surface area contributed by atoms with Gasteiger partial charge in [0.05, 0.1) is 0 Å². The van der Waals surface area contributed by atoms with Gasteiger partial charge in [0.25, 0.3) is 0 Å². The maximum absolute atomic E-state index is 15.1. The van der Waals surface area contributed by atoms with Crippen LogP contribution in [0.1, 0.15) is 11.1 Å². The van der Waals surface area contributed by atoms with Crippen LogP contribution in [0.3, 0.4) is 0 Å². The van der Waals surface area contributed by atoms with Gasteiger partial charge in [-0.25, -0.2) is 0 Å². The van der Waals surface area contributed by atoms with Gasteiger partial charge in [-0.1, -0.05) is 87.8 Å². The van der Waals surface area contributed by atoms with Crippen molar-refractivity contribution in [3.05, 3.63) is 102 Å². The number of fused-ring (bicyclic) bond motifs is 3. The fourth-order valence-corrected chi connectivity index (χ4v) is 9.91. The van der Waals surface area contributed by atoms with Crippen molar-refractivity contribution in [2.45, 2.75) is 4.90 Å². The van der Waals surface area contributed by atoms with Gasteiger partial charge in [-0.15, -0.1) is 0 Å². The molecule has 0 aliphatic carbocycles. The molecule has 0 saturated carbocycles. The zero-order chi connectivity index (χ0) is 20.0. The molecular formula is C24H15BrIOPS. The largest absolute Gasteiger partial charge is 0.309 e. The molecule has 0 spiro atoms. The van der Waals surface area contributed by atoms with Crippen LogP contribution in [-0.2, 0) is 4.57 Å². The van der Waals surface area contributed by atoms with E-state index in [9.17, 15) is 0 Å². The molecule has 0 radical (unpaired) electrons. The Labute approximate surface area is 194 Å². The second-order valence-electron chi connectivity index (χ2n) is 6.89. The first-order valence-electron chi connectivity index (χ1n) is 9.12. The summed E-state index contributed by atoms with van der Waals surface area (Å²) in [4.78, 5) is 1.18. The summed E-state index contributed by atoms with van der Waals surface area (Å²) in [6.45, 7) is 0. The van der Waals surface area contributed by atoms with E-state index in [0.717, 1.165) is 42.3 Å². The third-order valence-corrected chi connectivity index (χ3v) is 11.7. The van der Waals surface area contributed by atoms with Crippen molar-refractivity contribution in [2.75, 3.05) is 0 Å². The van der Waals surface area contributed by atoms with E-state index in [1.54, 1.807) is 8.93 Å². The minimum Gasteiger partial charge on any atom is -0.309 e. The zero-order valence-corrected chi connectivity index (χ0v) is 20.6. The molecule has 0 saturated heterocycles. The number of halogens is 2. The fraction of sp³-hybridized carbons (Fsp3) is 0. The Morgan fingerprint density at radius 1 is 0.793 bits per heavy atom. The lowest BCUT2D eigenvalue weighted by molar-refractivity contribution is 0.593. The van der Waals surface area contributed by atoms with Crippen LogP contribution in [0.5, 0.6) is 0 Å². The maximum atomic E-state index is 15.1. The van der Waals surface area contributed by atoms with Gasteiger partial charge in [0, 0.05) is 52.1 Å². The number of hydrogen-bond acceptors (Lipinski definition) is 2. The minimum absolute atomic E-state index is 0.870. The SMILES string of the molecule is O=P1(c2ccccc2)C(c2ccc(SI)cc2)=C(Br)c2ccc3ccccc3c21. The molecule has 1 aliphatic rings. The van der Waals surface area contributed by atoms with Gasteiger partial charge in [-0.3, -0.25) is 0 Å². The van der Waals surface area contributed by atoms with Crippen LogP contribution in [0.25, 0.3) is 20.6 Å². The van der Waals surface area contributed by atoms with Gasteiger partial charge in [-0.2, -0.15) is 0 Å². The van der Waals surface area contributed by atoms with Crippen molar-refractivity contribution in [1.29, 1.82) is 0 Å². The third kappa shape index (κ3) is 3.07. The second kappa shape index (κ2) is 7.73. The first-order chi connectivity index (χ1) is 14.1. The molecule has 0 aromatic heterocycles. The molecule has 1 heterocycles. The van der Waals surface area contributed by atoms with E-state index in [4.69, 9.17) is 0 Å². The molecule has 29 heavy (non-hydrogen) atoms. The van der Waals surface area contributed by atoms with Crippen LogP contribution < -0.4 is 10.6 Å². The molecule has 4 aromatic carbocycles. The molecule has 5 heteroatoms. The maximum Gasteiger partial charge on any atom is 0.173 e. The summed E-state index contributed by atoms with van der Waals surface area (Å²) in [7, 11) is -1.37. The Bertz CT molecular complexity index is 1320. The van der Waals surface area contributed by atoms with Gasteiger partial charge in [0.2, 0.25) is 0 Å². The Balaban J connectivity index is 1.87. The summed E-state index contributed by atoms with van der Waals surface area (Å²) in [5, 5.41) is 4.87. The average molecular weight is 589 g/mol. The molecule has 1 unspecified atom stereocenters. The van der Waals surface area contributed by atoms with E-state index in [1.165, 1.54) is 4.90 Å². The third-order valence-electron chi connectivity index (χ3n) is 5.31. The molecule has 0 amide bonds. The van der Waals surface area contributed by atoms with Crippen molar-refractivity contribution in [2.24, 2.45) is 0 Å². The van der Waals surface area contributed by atoms with Crippen LogP contribution in [0.4, 0.5) is 0 Å². The quantitative estimate of drug-likeness (QED) is 0.179. The van der Waals surface area contributed by atoms with Crippen LogP contribution in [0.2, 0.25) is 0 Å². The first-order valence-corrected chi connectivity index (χ1v) is 15.0. The second-order valence-corrected chi connectivity index (χ2v) is 12.3. The van der Waals surface area contributed by atoms with E-state index >= 15 is 4.57 Å². The molecule has 0 N–H and O–H groups in total. The highest BCUT2D eigenvalue weighted by Gasteiger charge is 2.43. The van der Waals surface area contributed by atoms with Crippen molar-refractivity contribution < 1.29 is 4.57 Å². The van der Waals surface area contributed by atoms with E-state index in [-0.39, 0.29) is 0 Å². The smallest absolute Gasteiger partial charge is 0.173 e. The lowest BCUT2D eigenvalue weighted by atomic mass is 10.1. The molecule has 142 valence electrons. The number of benzene rings is 4. The summed E-state index contributed by atoms with van der Waals surface area (Å²) >= 11 is 6.12. The van der Waals surface area contributed by atoms with Crippen LogP contribution in [0.15, 0.2) is 95.9 Å². The summed E-state index contributed by atoms with van der Waals surface area (Å²) in [5.74, 6) is 0. The molecule has 1 nitrogen and oxygen atoms in total. The standard InChI is InChI=1S/C24H15BrIOPS/c25-22-21-15-12-16-6-4-5-9-20(16)24(21)28(27,18-7-2-1-3-8-18)23(22)17-10-13-19(29-26)14-11-17/h1-15H. The average Bonchev–Trinajstić information content (AvgIpc) is 3.02. The first kappa shape index (κ1) is 19.6. The molecule has 0 fully saturated rings. The summed E-state index contributed by atoms with van der Waals surface area (Å²) in [6, 6.07) is 30.7. The van der Waals surface area contributed by atoms with Gasteiger partial charge in [-0.05, 0) is 44.4 Å². The zero-order valence-electron chi connectivity index (χ0n) is 15.2. The molecule has 1 atom stereocenters. The highest BCUT2D eigenvalue weighted by atomic mass is 127. The van der Waals surface area contributed by atoms with E-state index in [1.807, 2.05) is 42.5 Å². The molecule has 5 rings (SSSR count). The van der Waals surface area contributed by atoms with Crippen LogP contribution >= 0.6 is 53.2 Å². The summed E-state index contributed by atoms with van der Waals surface area (Å²) in [5.41, 5.74) is 2.02. The molecule has 0 bridgehead atoms. The number of rotatable bonds is 3. The predicted octanol–water partition coefficient (Wildman–Crippen LogP) is 7.83. The summed E-state index contributed by atoms with van der Waals surface area (Å²) in [6.07, 6.45) is 0. The minimum atomic E-state index is -3.05. The van der Waals surface area contributed by atoms with Crippen molar-refractivity contribution in [3.63, 3.8) is 0 Å². The van der Waals surface area contributed by atoms with Crippen LogP contribution in [0, 0.1) is 0 Å². The Kier molecular flexibility index (Phi) is 5.23. The van der Waals surface area contributed by atoms with Crippen molar-refractivity contribution in [1.82, 2.24) is 0 Å². The van der Waals surface area contributed by atoms with Crippen LogP contribution in [-0.4, -0.2) is 0 Å². The Hall–Kier alpha value is -1.33. The normalized spacial score (nSPS) is 18.3. The topological polar surface area (TPSA) is 17.1 Å². The number of hydrogen-bond donors (Lipinski definition) is 0. The van der Waals surface area contributed by atoms with Gasteiger partial charge >= 0.3 is 0 Å². The lowest BCUT2D eigenvalue weighted by Gasteiger charge is -2.20. The summed E-state index contributed by atoms with van der Waals surface area (Å²) < 4.78 is 16.0.